The van der Waals surface area contributed by atoms with Crippen molar-refractivity contribution in [2.75, 3.05) is 11.1 Å². The minimum absolute atomic E-state index is 0.108. The number of nitrogens with zero attached hydrogens (tertiary/aromatic N) is 4. The van der Waals surface area contributed by atoms with Crippen LogP contribution in [-0.4, -0.2) is 36.9 Å². The number of aryl methyl sites for hydroxylation is 2. The fraction of sp³-hybridized carbons (Fsp3) is 0.381. The Balaban J connectivity index is 1.74. The van der Waals surface area contributed by atoms with Crippen molar-refractivity contribution in [3.63, 3.8) is 0 Å². The molecule has 3 N–H and O–H groups in total. The van der Waals surface area contributed by atoms with Crippen LogP contribution in [0.5, 0.6) is 0 Å². The van der Waals surface area contributed by atoms with Gasteiger partial charge in [-0.05, 0) is 31.9 Å². The number of unbranched alkanes of at least 4 members (excludes halogenated alkanes) is 2. The summed E-state index contributed by atoms with van der Waals surface area (Å²) < 4.78 is 3.22. The van der Waals surface area contributed by atoms with Crippen LogP contribution in [0.3, 0.4) is 0 Å². The van der Waals surface area contributed by atoms with Crippen LogP contribution in [0.1, 0.15) is 31.4 Å². The van der Waals surface area contributed by atoms with Gasteiger partial charge in [-0.2, -0.15) is 5.10 Å². The van der Waals surface area contributed by atoms with Gasteiger partial charge in [0.15, 0.2) is 5.16 Å². The van der Waals surface area contributed by atoms with Gasteiger partial charge in [0.2, 0.25) is 11.8 Å². The number of hydrogen-bond donors (Lipinski definition) is 2. The number of carbonyl (C=O) groups is 2. The van der Waals surface area contributed by atoms with E-state index in [9.17, 15) is 14.4 Å². The van der Waals surface area contributed by atoms with Crippen molar-refractivity contribution in [1.82, 2.24) is 19.3 Å². The van der Waals surface area contributed by atoms with E-state index in [0.29, 0.717) is 47.7 Å². The molecule has 10 heteroatoms. The Morgan fingerprint density at radius 3 is 2.68 bits per heavy atom. The van der Waals surface area contributed by atoms with Crippen LogP contribution >= 0.6 is 11.8 Å². The van der Waals surface area contributed by atoms with Crippen molar-refractivity contribution < 1.29 is 9.59 Å². The number of fused-ring (bicyclic) bond motifs is 1. The fourth-order valence-electron chi connectivity index (χ4n) is 3.24. The highest BCUT2D eigenvalue weighted by molar-refractivity contribution is 7.99. The third-order valence-electron chi connectivity index (χ3n) is 4.73. The number of rotatable bonds is 10. The van der Waals surface area contributed by atoms with Crippen LogP contribution < -0.4 is 16.6 Å². The Labute approximate surface area is 184 Å². The molecule has 0 atom stereocenters. The minimum atomic E-state index is -0.324. The Morgan fingerprint density at radius 2 is 1.97 bits per heavy atom. The van der Waals surface area contributed by atoms with Crippen molar-refractivity contribution in [2.45, 2.75) is 44.3 Å². The van der Waals surface area contributed by atoms with Gasteiger partial charge in [0.1, 0.15) is 5.82 Å². The zero-order valence-corrected chi connectivity index (χ0v) is 18.4. The summed E-state index contributed by atoms with van der Waals surface area (Å²) in [5, 5.41) is 8.07. The molecule has 0 saturated carbocycles. The summed E-state index contributed by atoms with van der Waals surface area (Å²) in [6.07, 6.45) is 2.49. The molecule has 0 unspecified atom stereocenters. The number of benzene rings is 1. The van der Waals surface area contributed by atoms with E-state index in [-0.39, 0.29) is 23.1 Å². The summed E-state index contributed by atoms with van der Waals surface area (Å²) in [5.41, 5.74) is 6.46. The van der Waals surface area contributed by atoms with Crippen molar-refractivity contribution in [3.05, 3.63) is 46.4 Å². The molecule has 9 nitrogen and oxygen atoms in total. The van der Waals surface area contributed by atoms with E-state index in [1.165, 1.54) is 11.8 Å². The largest absolute Gasteiger partial charge is 0.370 e. The molecule has 1 aromatic carbocycles. The Bertz CT molecular complexity index is 1150. The van der Waals surface area contributed by atoms with E-state index < -0.39 is 0 Å². The molecule has 3 aromatic rings. The number of thioether (sulfide) groups is 1. The molecule has 0 saturated heterocycles. The summed E-state index contributed by atoms with van der Waals surface area (Å²) in [6, 6.07) is 8.96. The van der Waals surface area contributed by atoms with Crippen molar-refractivity contribution in [2.24, 2.45) is 12.8 Å². The van der Waals surface area contributed by atoms with Crippen LogP contribution in [0.25, 0.3) is 10.9 Å². The smallest absolute Gasteiger partial charge is 0.262 e. The van der Waals surface area contributed by atoms with E-state index >= 15 is 0 Å². The average molecular weight is 443 g/mol. The summed E-state index contributed by atoms with van der Waals surface area (Å²) in [5.74, 6) is 0.191. The molecule has 164 valence electrons. The Hall–Kier alpha value is -3.14. The Kier molecular flexibility index (Phi) is 7.45. The number of carbonyl (C=O) groups excluding carboxylic acids is 2. The van der Waals surface area contributed by atoms with Gasteiger partial charge in [-0.15, -0.1) is 0 Å². The third kappa shape index (κ3) is 5.94. The second-order valence-electron chi connectivity index (χ2n) is 7.28. The number of hydrogen-bond acceptors (Lipinski definition) is 6. The van der Waals surface area contributed by atoms with Gasteiger partial charge in [0.25, 0.3) is 5.56 Å². The maximum atomic E-state index is 13.0. The molecule has 31 heavy (non-hydrogen) atoms. The lowest BCUT2D eigenvalue weighted by atomic mass is 10.2. The number of anilines is 1. The van der Waals surface area contributed by atoms with Gasteiger partial charge in [-0.3, -0.25) is 23.6 Å². The monoisotopic (exact) mass is 442 g/mol. The SMILES string of the molecule is Cc1cc(NC(=O)CSc2nc3ccccc3c(=O)n2CCCCCC(N)=O)n(C)n1. The first kappa shape index (κ1) is 22.5. The quantitative estimate of drug-likeness (QED) is 0.282. The molecular formula is C21H26N6O3S. The first-order valence-electron chi connectivity index (χ1n) is 10.1. The molecular weight excluding hydrogens is 416 g/mol. The summed E-state index contributed by atoms with van der Waals surface area (Å²) >= 11 is 1.22. The second-order valence-corrected chi connectivity index (χ2v) is 8.22. The molecule has 2 aromatic heterocycles. The normalized spacial score (nSPS) is 11.0. The average Bonchev–Trinajstić information content (AvgIpc) is 3.04. The highest BCUT2D eigenvalue weighted by Crippen LogP contribution is 2.19. The number of para-hydroxylation sites is 1. The third-order valence-corrected chi connectivity index (χ3v) is 5.71. The first-order valence-corrected chi connectivity index (χ1v) is 11.0. The molecule has 0 aliphatic heterocycles. The molecule has 0 fully saturated rings. The van der Waals surface area contributed by atoms with E-state index in [1.54, 1.807) is 40.6 Å². The molecule has 0 radical (unpaired) electrons. The predicted octanol–water partition coefficient (Wildman–Crippen LogP) is 2.21. The topological polar surface area (TPSA) is 125 Å². The van der Waals surface area contributed by atoms with Crippen molar-refractivity contribution in [1.29, 1.82) is 0 Å². The van der Waals surface area contributed by atoms with E-state index in [4.69, 9.17) is 5.73 Å². The predicted molar refractivity (Wildman–Crippen MR) is 121 cm³/mol. The standard InChI is InChI=1S/C21H26N6O3S/c1-14-12-18(26(2)25-14)24-19(29)13-31-21-23-16-9-6-5-8-15(16)20(30)27(21)11-7-3-4-10-17(22)28/h5-6,8-9,12H,3-4,7,10-11,13H2,1-2H3,(H2,22,28)(H,24,29). The highest BCUT2D eigenvalue weighted by Gasteiger charge is 2.14. The van der Waals surface area contributed by atoms with E-state index in [1.807, 2.05) is 13.0 Å². The van der Waals surface area contributed by atoms with Gasteiger partial charge in [0, 0.05) is 26.1 Å². The first-order chi connectivity index (χ1) is 14.8. The summed E-state index contributed by atoms with van der Waals surface area (Å²) in [4.78, 5) is 41.0. The van der Waals surface area contributed by atoms with Gasteiger partial charge in [-0.1, -0.05) is 30.3 Å². The molecule has 2 amide bonds. The van der Waals surface area contributed by atoms with Crippen LogP contribution in [0, 0.1) is 6.92 Å². The van der Waals surface area contributed by atoms with Crippen molar-refractivity contribution in [3.8, 4) is 0 Å². The molecule has 3 rings (SSSR count). The number of nitrogens with one attached hydrogen (secondary N) is 1. The molecule has 0 bridgehead atoms. The number of nitrogens with two attached hydrogens (primary N) is 1. The maximum Gasteiger partial charge on any atom is 0.262 e. The number of amides is 2. The summed E-state index contributed by atoms with van der Waals surface area (Å²) in [7, 11) is 1.76. The Morgan fingerprint density at radius 1 is 1.19 bits per heavy atom. The van der Waals surface area contributed by atoms with Gasteiger partial charge < -0.3 is 11.1 Å². The molecule has 0 spiro atoms. The lowest BCUT2D eigenvalue weighted by molar-refractivity contribution is -0.118. The fourth-order valence-corrected chi connectivity index (χ4v) is 4.06. The molecule has 0 aliphatic carbocycles. The lowest BCUT2D eigenvalue weighted by Gasteiger charge is -2.13. The van der Waals surface area contributed by atoms with Crippen LogP contribution in [0.4, 0.5) is 5.82 Å². The van der Waals surface area contributed by atoms with Crippen molar-refractivity contribution >= 4 is 40.3 Å². The van der Waals surface area contributed by atoms with Crippen LogP contribution in [0.15, 0.2) is 40.3 Å². The van der Waals surface area contributed by atoms with E-state index in [0.717, 1.165) is 12.1 Å². The number of aromatic nitrogens is 4. The maximum absolute atomic E-state index is 13.0. The molecule has 2 heterocycles. The lowest BCUT2D eigenvalue weighted by Crippen LogP contribution is -2.24. The van der Waals surface area contributed by atoms with Crippen LogP contribution in [-0.2, 0) is 23.2 Å². The van der Waals surface area contributed by atoms with E-state index in [2.05, 4.69) is 15.4 Å². The van der Waals surface area contributed by atoms with Gasteiger partial charge in [-0.25, -0.2) is 4.98 Å². The minimum Gasteiger partial charge on any atom is -0.370 e. The van der Waals surface area contributed by atoms with Gasteiger partial charge in [0.05, 0.1) is 22.3 Å². The zero-order chi connectivity index (χ0) is 22.4. The number of primary amides is 1. The van der Waals surface area contributed by atoms with Crippen LogP contribution in [0.2, 0.25) is 0 Å². The summed E-state index contributed by atoms with van der Waals surface area (Å²) in [6.45, 7) is 2.31. The zero-order valence-electron chi connectivity index (χ0n) is 17.6. The van der Waals surface area contributed by atoms with Gasteiger partial charge >= 0.3 is 0 Å². The highest BCUT2D eigenvalue weighted by atomic mass is 32.2. The second kappa shape index (κ2) is 10.3. The molecule has 0 aliphatic rings.